The molecule has 1 aromatic carbocycles. The van der Waals surface area contributed by atoms with E-state index in [-0.39, 0.29) is 22.5 Å². The van der Waals surface area contributed by atoms with E-state index < -0.39 is 10.7 Å². The molecular formula is C11H8FN3O3. The van der Waals surface area contributed by atoms with Gasteiger partial charge < -0.3 is 0 Å². The number of aromatic nitrogens is 2. The second kappa shape index (κ2) is 4.36. The smallest absolute Gasteiger partial charge is 0.268 e. The standard InChI is InChI=1S/C11H8FN3O3/c1-14-11(16)5-4-10(13-14)8-6-7(15(17)18)2-3-9(8)12/h2-6H,1H3. The number of hydrogen-bond acceptors (Lipinski definition) is 4. The molecule has 1 aromatic heterocycles. The maximum absolute atomic E-state index is 13.6. The van der Waals surface area contributed by atoms with Crippen LogP contribution in [0.3, 0.4) is 0 Å². The summed E-state index contributed by atoms with van der Waals surface area (Å²) in [5.74, 6) is -0.633. The van der Waals surface area contributed by atoms with Crippen LogP contribution in [0.25, 0.3) is 11.3 Å². The van der Waals surface area contributed by atoms with Gasteiger partial charge in [0.1, 0.15) is 5.82 Å². The first-order valence-corrected chi connectivity index (χ1v) is 4.98. The molecular weight excluding hydrogens is 241 g/mol. The second-order valence-corrected chi connectivity index (χ2v) is 3.60. The highest BCUT2D eigenvalue weighted by Crippen LogP contribution is 2.24. The molecule has 0 atom stereocenters. The Kier molecular flexibility index (Phi) is 2.88. The summed E-state index contributed by atoms with van der Waals surface area (Å²) in [6.07, 6.45) is 0. The first-order chi connectivity index (χ1) is 8.49. The van der Waals surface area contributed by atoms with Crippen LogP contribution in [0.5, 0.6) is 0 Å². The van der Waals surface area contributed by atoms with Crippen molar-refractivity contribution in [1.82, 2.24) is 9.78 Å². The van der Waals surface area contributed by atoms with Crippen LogP contribution >= 0.6 is 0 Å². The summed E-state index contributed by atoms with van der Waals surface area (Å²) < 4.78 is 14.6. The first kappa shape index (κ1) is 11.9. The molecule has 92 valence electrons. The van der Waals surface area contributed by atoms with Gasteiger partial charge in [0.15, 0.2) is 0 Å². The van der Waals surface area contributed by atoms with Gasteiger partial charge in [0.05, 0.1) is 10.6 Å². The Bertz CT molecular complexity index is 681. The van der Waals surface area contributed by atoms with E-state index in [1.165, 1.54) is 19.2 Å². The van der Waals surface area contributed by atoms with E-state index in [0.717, 1.165) is 22.9 Å². The number of benzene rings is 1. The molecule has 18 heavy (non-hydrogen) atoms. The van der Waals surface area contributed by atoms with Gasteiger partial charge in [-0.2, -0.15) is 5.10 Å². The van der Waals surface area contributed by atoms with Crippen LogP contribution in [0, 0.1) is 15.9 Å². The highest BCUT2D eigenvalue weighted by molar-refractivity contribution is 5.62. The Morgan fingerprint density at radius 2 is 2.06 bits per heavy atom. The molecule has 0 bridgehead atoms. The van der Waals surface area contributed by atoms with Gasteiger partial charge in [-0.15, -0.1) is 0 Å². The zero-order valence-electron chi connectivity index (χ0n) is 9.33. The van der Waals surface area contributed by atoms with Crippen molar-refractivity contribution in [3.63, 3.8) is 0 Å². The minimum Gasteiger partial charge on any atom is -0.268 e. The maximum atomic E-state index is 13.6. The van der Waals surface area contributed by atoms with Crippen molar-refractivity contribution >= 4 is 5.69 Å². The lowest BCUT2D eigenvalue weighted by molar-refractivity contribution is -0.384. The maximum Gasteiger partial charge on any atom is 0.270 e. The third kappa shape index (κ3) is 2.10. The molecule has 0 amide bonds. The fraction of sp³-hybridized carbons (Fsp3) is 0.0909. The van der Waals surface area contributed by atoms with Crippen molar-refractivity contribution in [3.8, 4) is 11.3 Å². The number of halogens is 1. The molecule has 2 rings (SSSR count). The predicted octanol–water partition coefficient (Wildman–Crippen LogP) is 1.49. The lowest BCUT2D eigenvalue weighted by Gasteiger charge is -2.04. The summed E-state index contributed by atoms with van der Waals surface area (Å²) in [6.45, 7) is 0. The van der Waals surface area contributed by atoms with Gasteiger partial charge in [0, 0.05) is 30.8 Å². The summed E-state index contributed by atoms with van der Waals surface area (Å²) in [5.41, 5.74) is -0.426. The second-order valence-electron chi connectivity index (χ2n) is 3.60. The Hall–Kier alpha value is -2.57. The molecule has 0 aliphatic heterocycles. The first-order valence-electron chi connectivity index (χ1n) is 4.98. The molecule has 0 saturated heterocycles. The molecule has 0 fully saturated rings. The van der Waals surface area contributed by atoms with Crippen LogP contribution in [-0.2, 0) is 7.05 Å². The molecule has 2 aromatic rings. The zero-order chi connectivity index (χ0) is 13.3. The van der Waals surface area contributed by atoms with E-state index in [9.17, 15) is 19.3 Å². The van der Waals surface area contributed by atoms with E-state index in [0.29, 0.717) is 0 Å². The van der Waals surface area contributed by atoms with Gasteiger partial charge in [-0.05, 0) is 12.1 Å². The summed E-state index contributed by atoms with van der Waals surface area (Å²) in [6, 6.07) is 5.70. The topological polar surface area (TPSA) is 78.0 Å². The van der Waals surface area contributed by atoms with E-state index in [1.807, 2.05) is 0 Å². The number of non-ortho nitro benzene ring substituents is 1. The number of rotatable bonds is 2. The number of nitrogens with zero attached hydrogens (tertiary/aromatic N) is 3. The predicted molar refractivity (Wildman–Crippen MR) is 61.5 cm³/mol. The number of nitro benzene ring substituents is 1. The van der Waals surface area contributed by atoms with E-state index in [2.05, 4.69) is 5.10 Å². The lowest BCUT2D eigenvalue weighted by atomic mass is 10.1. The Labute approximate surface area is 100 Å². The molecule has 0 aliphatic carbocycles. The molecule has 0 radical (unpaired) electrons. The fourth-order valence-corrected chi connectivity index (χ4v) is 1.47. The Balaban J connectivity index is 2.62. The van der Waals surface area contributed by atoms with Crippen molar-refractivity contribution in [1.29, 1.82) is 0 Å². The van der Waals surface area contributed by atoms with Crippen LogP contribution in [0.15, 0.2) is 35.1 Å². The highest BCUT2D eigenvalue weighted by atomic mass is 19.1. The third-order valence-corrected chi connectivity index (χ3v) is 2.40. The molecule has 0 spiro atoms. The molecule has 6 nitrogen and oxygen atoms in total. The van der Waals surface area contributed by atoms with E-state index in [4.69, 9.17) is 0 Å². The lowest BCUT2D eigenvalue weighted by Crippen LogP contribution is -2.18. The summed E-state index contributed by atoms with van der Waals surface area (Å²) in [5, 5.41) is 14.5. The number of hydrogen-bond donors (Lipinski definition) is 0. The van der Waals surface area contributed by atoms with Gasteiger partial charge in [-0.3, -0.25) is 14.9 Å². The Morgan fingerprint density at radius 3 is 2.67 bits per heavy atom. The van der Waals surface area contributed by atoms with Crippen LogP contribution in [0.1, 0.15) is 0 Å². The van der Waals surface area contributed by atoms with Crippen molar-refractivity contribution in [2.75, 3.05) is 0 Å². The van der Waals surface area contributed by atoms with Crippen molar-refractivity contribution in [3.05, 3.63) is 56.6 Å². The van der Waals surface area contributed by atoms with Crippen molar-refractivity contribution < 1.29 is 9.31 Å². The third-order valence-electron chi connectivity index (χ3n) is 2.40. The largest absolute Gasteiger partial charge is 0.270 e. The summed E-state index contributed by atoms with van der Waals surface area (Å²) >= 11 is 0. The SMILES string of the molecule is Cn1nc(-c2cc([N+](=O)[O-])ccc2F)ccc1=O. The van der Waals surface area contributed by atoms with Gasteiger partial charge in [0.25, 0.3) is 11.2 Å². The van der Waals surface area contributed by atoms with Crippen LogP contribution in [0.2, 0.25) is 0 Å². The molecule has 0 N–H and O–H groups in total. The van der Waals surface area contributed by atoms with Gasteiger partial charge in [0.2, 0.25) is 0 Å². The minimum atomic E-state index is -0.633. The van der Waals surface area contributed by atoms with Crippen LogP contribution in [-0.4, -0.2) is 14.7 Å². The number of aryl methyl sites for hydroxylation is 1. The quantitative estimate of drug-likeness (QED) is 0.596. The van der Waals surface area contributed by atoms with Crippen molar-refractivity contribution in [2.24, 2.45) is 7.05 Å². The van der Waals surface area contributed by atoms with Crippen LogP contribution < -0.4 is 5.56 Å². The molecule has 7 heteroatoms. The normalized spacial score (nSPS) is 10.3. The van der Waals surface area contributed by atoms with E-state index in [1.54, 1.807) is 0 Å². The molecule has 0 saturated carbocycles. The minimum absolute atomic E-state index is 0.0141. The highest BCUT2D eigenvalue weighted by Gasteiger charge is 2.13. The summed E-state index contributed by atoms with van der Waals surface area (Å²) in [4.78, 5) is 21.2. The van der Waals surface area contributed by atoms with Gasteiger partial charge >= 0.3 is 0 Å². The van der Waals surface area contributed by atoms with Gasteiger partial charge in [-0.25, -0.2) is 9.07 Å². The average molecular weight is 249 g/mol. The van der Waals surface area contributed by atoms with E-state index >= 15 is 0 Å². The van der Waals surface area contributed by atoms with Crippen molar-refractivity contribution in [2.45, 2.75) is 0 Å². The molecule has 1 heterocycles. The summed E-state index contributed by atoms with van der Waals surface area (Å²) in [7, 11) is 1.42. The average Bonchev–Trinajstić information content (AvgIpc) is 2.33. The molecule has 0 unspecified atom stereocenters. The Morgan fingerprint density at radius 1 is 1.33 bits per heavy atom. The monoisotopic (exact) mass is 249 g/mol. The number of nitro groups is 1. The molecule has 0 aliphatic rings. The fourth-order valence-electron chi connectivity index (χ4n) is 1.47. The van der Waals surface area contributed by atoms with Crippen LogP contribution in [0.4, 0.5) is 10.1 Å². The van der Waals surface area contributed by atoms with Gasteiger partial charge in [-0.1, -0.05) is 0 Å². The zero-order valence-corrected chi connectivity index (χ0v) is 9.33.